The van der Waals surface area contributed by atoms with E-state index in [1.165, 1.54) is 23.5 Å². The zero-order chi connectivity index (χ0) is 52.3. The molecule has 8 nitrogen and oxygen atoms in total. The topological polar surface area (TPSA) is 84.8 Å². The van der Waals surface area contributed by atoms with Crippen molar-refractivity contribution in [2.24, 2.45) is 0 Å². The van der Waals surface area contributed by atoms with E-state index < -0.39 is 26.0 Å². The zero-order valence-corrected chi connectivity index (χ0v) is 44.4. The van der Waals surface area contributed by atoms with E-state index in [0.29, 0.717) is 34.5 Å². The summed E-state index contributed by atoms with van der Waals surface area (Å²) >= 11 is 2.94. The molecule has 75 heavy (non-hydrogen) atoms. The van der Waals surface area contributed by atoms with Crippen LogP contribution in [0.3, 0.4) is 0 Å². The summed E-state index contributed by atoms with van der Waals surface area (Å²) in [6.07, 6.45) is 0. The SMILES string of the molecule is COc1ccc(C(OC(SC(c2ccccc2)(c2ccc(OC)cc2)c2ccc(OC)cc2)C(O)SC(c2ccccc2)(c2ccc(OC)cc2)c2ccc(OC)cc2)(c2ccccc2)c2ccc(OC)cc2)cc1. The number of methoxy groups -OCH3 is 6. The summed E-state index contributed by atoms with van der Waals surface area (Å²) in [4.78, 5) is 0. The summed E-state index contributed by atoms with van der Waals surface area (Å²) in [7, 11) is 9.98. The van der Waals surface area contributed by atoms with Gasteiger partial charge < -0.3 is 38.3 Å². The fourth-order valence-corrected chi connectivity index (χ4v) is 13.0. The number of benzene rings is 9. The van der Waals surface area contributed by atoms with E-state index in [4.69, 9.17) is 33.2 Å². The van der Waals surface area contributed by atoms with Crippen molar-refractivity contribution in [3.63, 3.8) is 0 Å². The second kappa shape index (κ2) is 23.7. The molecule has 0 heterocycles. The van der Waals surface area contributed by atoms with Crippen LogP contribution in [0.25, 0.3) is 0 Å². The van der Waals surface area contributed by atoms with Crippen LogP contribution in [0.2, 0.25) is 0 Å². The molecule has 0 fully saturated rings. The van der Waals surface area contributed by atoms with Gasteiger partial charge in [-0.05, 0) is 123 Å². The Kier molecular flexibility index (Phi) is 16.5. The molecule has 0 radical (unpaired) electrons. The average molecular weight is 1030 g/mol. The van der Waals surface area contributed by atoms with Gasteiger partial charge in [0, 0.05) is 0 Å². The summed E-state index contributed by atoms with van der Waals surface area (Å²) in [6, 6.07) is 79.3. The number of hydrogen-bond donors (Lipinski definition) is 1. The molecule has 0 saturated carbocycles. The number of aliphatic hydroxyl groups is 1. The van der Waals surface area contributed by atoms with Crippen molar-refractivity contribution >= 4 is 23.5 Å². The molecular weight excluding hydrogens is 973 g/mol. The van der Waals surface area contributed by atoms with Gasteiger partial charge in [0.1, 0.15) is 51.0 Å². The van der Waals surface area contributed by atoms with Gasteiger partial charge in [0.05, 0.1) is 52.2 Å². The van der Waals surface area contributed by atoms with Crippen molar-refractivity contribution in [2.45, 2.75) is 26.0 Å². The van der Waals surface area contributed by atoms with Crippen LogP contribution in [-0.4, -0.2) is 58.6 Å². The van der Waals surface area contributed by atoms with Gasteiger partial charge in [0.2, 0.25) is 0 Å². The van der Waals surface area contributed by atoms with Gasteiger partial charge in [0.15, 0.2) is 0 Å². The fraction of sp³-hybridized carbons (Fsp3) is 0.169. The third-order valence-electron chi connectivity index (χ3n) is 13.6. The van der Waals surface area contributed by atoms with Gasteiger partial charge in [-0.15, -0.1) is 23.5 Å². The summed E-state index contributed by atoms with van der Waals surface area (Å²) < 4.78 is 40.7. The van der Waals surface area contributed by atoms with Gasteiger partial charge in [0.25, 0.3) is 0 Å². The fourth-order valence-electron chi connectivity index (χ4n) is 9.81. The Morgan fingerprint density at radius 2 is 0.493 bits per heavy atom. The van der Waals surface area contributed by atoms with Crippen LogP contribution in [0.15, 0.2) is 237 Å². The van der Waals surface area contributed by atoms with Gasteiger partial charge in [-0.3, -0.25) is 0 Å². The minimum atomic E-state index is -1.38. The lowest BCUT2D eigenvalue weighted by molar-refractivity contribution is -0.0351. The number of thioether (sulfide) groups is 2. The van der Waals surface area contributed by atoms with Crippen molar-refractivity contribution in [1.82, 2.24) is 0 Å². The third kappa shape index (κ3) is 10.6. The third-order valence-corrected chi connectivity index (χ3v) is 17.0. The maximum absolute atomic E-state index is 14.3. The molecule has 0 aliphatic heterocycles. The zero-order valence-electron chi connectivity index (χ0n) is 42.8. The minimum absolute atomic E-state index is 0.686. The molecule has 9 rings (SSSR count). The Labute approximate surface area is 449 Å². The molecule has 9 aromatic rings. The molecule has 2 atom stereocenters. The van der Waals surface area contributed by atoms with Crippen LogP contribution in [0.5, 0.6) is 34.5 Å². The normalized spacial score (nSPS) is 12.5. The van der Waals surface area contributed by atoms with Gasteiger partial charge in [-0.1, -0.05) is 164 Å². The Balaban J connectivity index is 1.38. The molecule has 1 N–H and O–H groups in total. The van der Waals surface area contributed by atoms with Crippen molar-refractivity contribution in [2.75, 3.05) is 42.7 Å². The average Bonchev–Trinajstić information content (AvgIpc) is 3.50. The minimum Gasteiger partial charge on any atom is -0.497 e. The number of ether oxygens (including phenoxy) is 7. The molecular formula is C65H60O8S2. The quantitative estimate of drug-likeness (QED) is 0.0523. The van der Waals surface area contributed by atoms with Crippen molar-refractivity contribution in [1.29, 1.82) is 0 Å². The first-order chi connectivity index (χ1) is 36.7. The van der Waals surface area contributed by atoms with Gasteiger partial charge >= 0.3 is 0 Å². The summed E-state index contributed by atoms with van der Waals surface area (Å²) in [5.74, 6) is 4.19. The van der Waals surface area contributed by atoms with Crippen LogP contribution in [-0.2, 0) is 19.8 Å². The Morgan fingerprint density at radius 3 is 0.760 bits per heavy atom. The van der Waals surface area contributed by atoms with Crippen molar-refractivity contribution < 1.29 is 38.3 Å². The highest BCUT2D eigenvalue weighted by Gasteiger charge is 2.50. The highest BCUT2D eigenvalue weighted by molar-refractivity contribution is 8.04. The number of rotatable bonds is 22. The molecule has 0 amide bonds. The van der Waals surface area contributed by atoms with Crippen LogP contribution in [0.1, 0.15) is 50.1 Å². The predicted molar refractivity (Wildman–Crippen MR) is 303 cm³/mol. The van der Waals surface area contributed by atoms with E-state index in [9.17, 15) is 5.11 Å². The Bertz CT molecular complexity index is 2890. The summed E-state index contributed by atoms with van der Waals surface area (Å²) in [5, 5.41) is 14.3. The molecule has 0 aromatic heterocycles. The predicted octanol–water partition coefficient (Wildman–Crippen LogP) is 14.1. The molecule has 380 valence electrons. The summed E-state index contributed by atoms with van der Waals surface area (Å²) in [6.45, 7) is 0. The standard InChI is InChI=1S/C65H60O8S2/c1-67-55-34-22-47(23-35-55)63(46-16-10-7-11-17-46,48-24-36-56(68-2)37-25-48)73-62(75-65(50-20-14-9-15-21-50,53-30-42-59(71-5)43-31-53)54-32-44-60(72-6)45-33-54)61(66)74-64(49-18-12-8-13-19-49,51-26-38-57(69-3)39-27-51)52-28-40-58(70-4)41-29-52/h7-45,61-62,66H,1-6H3. The highest BCUT2D eigenvalue weighted by atomic mass is 32.2. The van der Waals surface area contributed by atoms with Crippen LogP contribution >= 0.6 is 23.5 Å². The largest absolute Gasteiger partial charge is 0.497 e. The van der Waals surface area contributed by atoms with E-state index in [2.05, 4.69) is 97.1 Å². The first-order valence-electron chi connectivity index (χ1n) is 24.5. The van der Waals surface area contributed by atoms with Crippen LogP contribution in [0, 0.1) is 0 Å². The number of aliphatic hydroxyl groups excluding tert-OH is 1. The maximum atomic E-state index is 14.3. The van der Waals surface area contributed by atoms with Gasteiger partial charge in [-0.25, -0.2) is 0 Å². The molecule has 0 bridgehead atoms. The van der Waals surface area contributed by atoms with Crippen molar-refractivity contribution in [3.05, 3.63) is 287 Å². The van der Waals surface area contributed by atoms with Crippen LogP contribution in [0.4, 0.5) is 0 Å². The Morgan fingerprint density at radius 1 is 0.280 bits per heavy atom. The lowest BCUT2D eigenvalue weighted by Crippen LogP contribution is -2.43. The van der Waals surface area contributed by atoms with Gasteiger partial charge in [-0.2, -0.15) is 0 Å². The molecule has 0 aliphatic rings. The molecule has 2 unspecified atom stereocenters. The highest BCUT2D eigenvalue weighted by Crippen LogP contribution is 2.58. The second-order valence-corrected chi connectivity index (χ2v) is 20.3. The van der Waals surface area contributed by atoms with Crippen molar-refractivity contribution in [3.8, 4) is 34.5 Å². The van der Waals surface area contributed by atoms with E-state index in [0.717, 1.165) is 50.1 Å². The lowest BCUT2D eigenvalue weighted by atomic mass is 9.80. The van der Waals surface area contributed by atoms with Crippen LogP contribution < -0.4 is 28.4 Å². The smallest absolute Gasteiger partial charge is 0.145 e. The summed E-state index contributed by atoms with van der Waals surface area (Å²) in [5.41, 5.74) is 4.22. The maximum Gasteiger partial charge on any atom is 0.145 e. The van der Waals surface area contributed by atoms with E-state index in [-0.39, 0.29) is 0 Å². The molecule has 0 aliphatic carbocycles. The molecule has 9 aromatic carbocycles. The Hall–Kier alpha value is -7.60. The second-order valence-electron chi connectivity index (χ2n) is 17.6. The van der Waals surface area contributed by atoms with E-state index in [1.54, 1.807) is 42.7 Å². The van der Waals surface area contributed by atoms with E-state index in [1.807, 2.05) is 140 Å². The van der Waals surface area contributed by atoms with E-state index >= 15 is 0 Å². The first kappa shape index (κ1) is 52.3. The molecule has 0 saturated heterocycles. The monoisotopic (exact) mass is 1030 g/mol. The molecule has 0 spiro atoms. The number of hydrogen-bond acceptors (Lipinski definition) is 10. The molecule has 10 heteroatoms. The first-order valence-corrected chi connectivity index (χ1v) is 26.3. The lowest BCUT2D eigenvalue weighted by Gasteiger charge is -2.45.